The summed E-state index contributed by atoms with van der Waals surface area (Å²) >= 11 is 0. The van der Waals surface area contributed by atoms with Crippen molar-refractivity contribution in [2.75, 3.05) is 0 Å². The second kappa shape index (κ2) is 5.98. The van der Waals surface area contributed by atoms with E-state index in [4.69, 9.17) is 4.74 Å². The Bertz CT molecular complexity index is 637. The predicted octanol–water partition coefficient (Wildman–Crippen LogP) is 0.888. The standard InChI is InChI=1S/C16H19N3O4/c1-9(2)23-14-6-3-10(8-17-14)16(22)19(11-4-5-11)12-7-13(20)18-15(12)21/h3,6,8-9,11-12H,4-5,7H2,1-2H3,(H,18,20,21)/t12-/m0/s1. The van der Waals surface area contributed by atoms with Crippen LogP contribution in [0.25, 0.3) is 0 Å². The van der Waals surface area contributed by atoms with Crippen molar-refractivity contribution in [1.82, 2.24) is 15.2 Å². The van der Waals surface area contributed by atoms with Crippen LogP contribution in [0, 0.1) is 0 Å². The lowest BCUT2D eigenvalue weighted by Gasteiger charge is -2.26. The summed E-state index contributed by atoms with van der Waals surface area (Å²) in [5, 5.41) is 2.26. The SMILES string of the molecule is CC(C)Oc1ccc(C(=O)N(C2CC2)[C@H]2CC(=O)NC2=O)cn1. The van der Waals surface area contributed by atoms with Crippen molar-refractivity contribution < 1.29 is 19.1 Å². The smallest absolute Gasteiger partial charge is 0.256 e. The molecule has 2 aliphatic rings. The molecule has 23 heavy (non-hydrogen) atoms. The number of hydrogen-bond acceptors (Lipinski definition) is 5. The van der Waals surface area contributed by atoms with Crippen molar-refractivity contribution >= 4 is 17.7 Å². The topological polar surface area (TPSA) is 88.6 Å². The summed E-state index contributed by atoms with van der Waals surface area (Å²) in [6.07, 6.45) is 3.19. The molecule has 0 aromatic carbocycles. The molecule has 0 unspecified atom stereocenters. The van der Waals surface area contributed by atoms with E-state index in [-0.39, 0.29) is 30.4 Å². The maximum Gasteiger partial charge on any atom is 0.256 e. The Kier molecular flexibility index (Phi) is 4.02. The number of nitrogens with one attached hydrogen (secondary N) is 1. The van der Waals surface area contributed by atoms with E-state index in [0.29, 0.717) is 11.4 Å². The number of amides is 3. The molecular formula is C16H19N3O4. The second-order valence-electron chi connectivity index (χ2n) is 6.13. The van der Waals surface area contributed by atoms with Crippen molar-refractivity contribution in [1.29, 1.82) is 0 Å². The van der Waals surface area contributed by atoms with Gasteiger partial charge in [0.15, 0.2) is 0 Å². The van der Waals surface area contributed by atoms with E-state index < -0.39 is 11.9 Å². The van der Waals surface area contributed by atoms with Crippen LogP contribution in [-0.2, 0) is 9.59 Å². The molecule has 0 radical (unpaired) electrons. The molecule has 7 heteroatoms. The number of pyridine rings is 1. The highest BCUT2D eigenvalue weighted by Crippen LogP contribution is 2.32. The van der Waals surface area contributed by atoms with Gasteiger partial charge in [-0.3, -0.25) is 19.7 Å². The minimum absolute atomic E-state index is 0.000195. The van der Waals surface area contributed by atoms with Crippen molar-refractivity contribution in [2.24, 2.45) is 0 Å². The zero-order chi connectivity index (χ0) is 16.6. The number of hydrogen-bond donors (Lipinski definition) is 1. The van der Waals surface area contributed by atoms with E-state index in [1.54, 1.807) is 12.1 Å². The fraction of sp³-hybridized carbons (Fsp3) is 0.500. The molecule has 1 aliphatic carbocycles. The number of carbonyl (C=O) groups excluding carboxylic acids is 3. The minimum atomic E-state index is -0.714. The Morgan fingerprint density at radius 2 is 2.09 bits per heavy atom. The van der Waals surface area contributed by atoms with E-state index >= 15 is 0 Å². The van der Waals surface area contributed by atoms with Gasteiger partial charge in [-0.1, -0.05) is 0 Å². The van der Waals surface area contributed by atoms with Gasteiger partial charge in [-0.05, 0) is 32.8 Å². The molecule has 0 bridgehead atoms. The molecule has 1 saturated heterocycles. The van der Waals surface area contributed by atoms with E-state index in [1.807, 2.05) is 13.8 Å². The van der Waals surface area contributed by atoms with Crippen LogP contribution >= 0.6 is 0 Å². The molecule has 0 spiro atoms. The third-order valence-corrected chi connectivity index (χ3v) is 3.79. The molecular weight excluding hydrogens is 298 g/mol. The fourth-order valence-electron chi connectivity index (χ4n) is 2.65. The van der Waals surface area contributed by atoms with E-state index in [2.05, 4.69) is 10.3 Å². The zero-order valence-corrected chi connectivity index (χ0v) is 13.1. The van der Waals surface area contributed by atoms with Gasteiger partial charge in [0.05, 0.1) is 18.1 Å². The van der Waals surface area contributed by atoms with Crippen LogP contribution in [0.3, 0.4) is 0 Å². The summed E-state index contributed by atoms with van der Waals surface area (Å²) in [6, 6.07) is 2.58. The van der Waals surface area contributed by atoms with Crippen LogP contribution in [0.15, 0.2) is 18.3 Å². The molecule has 1 aliphatic heterocycles. The summed E-state index contributed by atoms with van der Waals surface area (Å²) in [5.74, 6) is -0.561. The Balaban J connectivity index is 1.79. The van der Waals surface area contributed by atoms with Gasteiger partial charge in [-0.15, -0.1) is 0 Å². The lowest BCUT2D eigenvalue weighted by Crippen LogP contribution is -2.45. The van der Waals surface area contributed by atoms with Crippen LogP contribution in [-0.4, -0.2) is 45.8 Å². The summed E-state index contributed by atoms with van der Waals surface area (Å²) in [4.78, 5) is 41.7. The summed E-state index contributed by atoms with van der Waals surface area (Å²) in [7, 11) is 0. The molecule has 1 aromatic rings. The molecule has 1 saturated carbocycles. The monoisotopic (exact) mass is 317 g/mol. The highest BCUT2D eigenvalue weighted by atomic mass is 16.5. The first-order chi connectivity index (χ1) is 11.0. The average Bonchev–Trinajstić information content (AvgIpc) is 3.25. The Hall–Kier alpha value is -2.44. The highest BCUT2D eigenvalue weighted by molar-refractivity contribution is 6.08. The van der Waals surface area contributed by atoms with Gasteiger partial charge in [-0.25, -0.2) is 4.98 Å². The first-order valence-electron chi connectivity index (χ1n) is 7.75. The Morgan fingerprint density at radius 1 is 1.35 bits per heavy atom. The molecule has 3 rings (SSSR count). The van der Waals surface area contributed by atoms with Gasteiger partial charge >= 0.3 is 0 Å². The van der Waals surface area contributed by atoms with E-state index in [0.717, 1.165) is 12.8 Å². The van der Waals surface area contributed by atoms with Gasteiger partial charge < -0.3 is 9.64 Å². The number of aromatic nitrogens is 1. The van der Waals surface area contributed by atoms with Crippen molar-refractivity contribution in [3.8, 4) is 5.88 Å². The van der Waals surface area contributed by atoms with Crippen LogP contribution in [0.1, 0.15) is 43.5 Å². The first-order valence-corrected chi connectivity index (χ1v) is 7.75. The molecule has 2 heterocycles. The second-order valence-corrected chi connectivity index (χ2v) is 6.13. The van der Waals surface area contributed by atoms with Crippen molar-refractivity contribution in [3.63, 3.8) is 0 Å². The normalized spacial score (nSPS) is 20.6. The highest BCUT2D eigenvalue weighted by Gasteiger charge is 2.44. The van der Waals surface area contributed by atoms with Crippen LogP contribution < -0.4 is 10.1 Å². The minimum Gasteiger partial charge on any atom is -0.475 e. The maximum absolute atomic E-state index is 12.8. The molecule has 1 atom stereocenters. The summed E-state index contributed by atoms with van der Waals surface area (Å²) in [5.41, 5.74) is 0.389. The van der Waals surface area contributed by atoms with Gasteiger partial charge in [0, 0.05) is 18.3 Å². The van der Waals surface area contributed by atoms with Crippen LogP contribution in [0.2, 0.25) is 0 Å². The number of ether oxygens (including phenoxy) is 1. The Morgan fingerprint density at radius 3 is 2.57 bits per heavy atom. The van der Waals surface area contributed by atoms with Gasteiger partial charge in [0.25, 0.3) is 5.91 Å². The number of nitrogens with zero attached hydrogens (tertiary/aromatic N) is 2. The quantitative estimate of drug-likeness (QED) is 0.815. The first kappa shape index (κ1) is 15.5. The lowest BCUT2D eigenvalue weighted by molar-refractivity contribution is -0.126. The van der Waals surface area contributed by atoms with Gasteiger partial charge in [-0.2, -0.15) is 0 Å². The number of carbonyl (C=O) groups is 3. The molecule has 122 valence electrons. The fourth-order valence-corrected chi connectivity index (χ4v) is 2.65. The van der Waals surface area contributed by atoms with E-state index in [1.165, 1.54) is 11.1 Å². The molecule has 1 N–H and O–H groups in total. The largest absolute Gasteiger partial charge is 0.475 e. The van der Waals surface area contributed by atoms with Crippen LogP contribution in [0.5, 0.6) is 5.88 Å². The number of imide groups is 1. The third kappa shape index (κ3) is 3.33. The molecule has 1 aromatic heterocycles. The van der Waals surface area contributed by atoms with Crippen molar-refractivity contribution in [2.45, 2.75) is 51.3 Å². The predicted molar refractivity (Wildman–Crippen MR) is 80.7 cm³/mol. The van der Waals surface area contributed by atoms with Gasteiger partial charge in [0.2, 0.25) is 17.7 Å². The summed E-state index contributed by atoms with van der Waals surface area (Å²) < 4.78 is 5.46. The third-order valence-electron chi connectivity index (χ3n) is 3.79. The molecule has 7 nitrogen and oxygen atoms in total. The Labute approximate surface area is 134 Å². The van der Waals surface area contributed by atoms with Crippen LogP contribution in [0.4, 0.5) is 0 Å². The lowest BCUT2D eigenvalue weighted by atomic mass is 10.1. The average molecular weight is 317 g/mol. The molecule has 2 fully saturated rings. The number of rotatable bonds is 5. The zero-order valence-electron chi connectivity index (χ0n) is 13.1. The molecule has 3 amide bonds. The van der Waals surface area contributed by atoms with E-state index in [9.17, 15) is 14.4 Å². The van der Waals surface area contributed by atoms with Crippen molar-refractivity contribution in [3.05, 3.63) is 23.9 Å². The summed E-state index contributed by atoms with van der Waals surface area (Å²) in [6.45, 7) is 3.79. The van der Waals surface area contributed by atoms with Gasteiger partial charge in [0.1, 0.15) is 6.04 Å². The maximum atomic E-state index is 12.8.